The summed E-state index contributed by atoms with van der Waals surface area (Å²) in [6, 6.07) is 0. The number of thiol groups is 1. The summed E-state index contributed by atoms with van der Waals surface area (Å²) in [6.07, 6.45) is 2.50. The van der Waals surface area contributed by atoms with E-state index in [9.17, 15) is 4.79 Å². The van der Waals surface area contributed by atoms with E-state index in [4.69, 9.17) is 0 Å². The maximum atomic E-state index is 10.9. The number of carbonyl (C=O) groups is 1. The van der Waals surface area contributed by atoms with Crippen molar-refractivity contribution < 1.29 is 4.79 Å². The first-order valence-corrected chi connectivity index (χ1v) is 6.07. The average molecular weight is 205 g/mol. The van der Waals surface area contributed by atoms with Crippen molar-refractivity contribution in [2.45, 2.75) is 12.8 Å². The Balaban J connectivity index is 2.09. The van der Waals surface area contributed by atoms with E-state index in [0.29, 0.717) is 11.7 Å². The van der Waals surface area contributed by atoms with Crippen molar-refractivity contribution in [1.29, 1.82) is 0 Å². The molecule has 0 bridgehead atoms. The Hall–Kier alpha value is 0.170. The molecule has 1 fully saturated rings. The number of thioether (sulfide) groups is 1. The molecule has 1 rings (SSSR count). The molecule has 12 heavy (non-hydrogen) atoms. The molecule has 0 aromatic rings. The average Bonchev–Trinajstić information content (AvgIpc) is 2.16. The fourth-order valence-corrected chi connectivity index (χ4v) is 2.58. The van der Waals surface area contributed by atoms with Crippen molar-refractivity contribution in [2.75, 3.05) is 23.8 Å². The third kappa shape index (κ3) is 3.72. The highest BCUT2D eigenvalue weighted by molar-refractivity contribution is 7.99. The highest BCUT2D eigenvalue weighted by Gasteiger charge is 2.13. The van der Waals surface area contributed by atoms with Crippen LogP contribution in [0.15, 0.2) is 0 Å². The Labute approximate surface area is 83.3 Å². The first kappa shape index (κ1) is 10.3. The van der Waals surface area contributed by atoms with Crippen LogP contribution in [0.25, 0.3) is 0 Å². The lowest BCUT2D eigenvalue weighted by atomic mass is 10.0. The number of hydrogen-bond acceptors (Lipinski definition) is 3. The van der Waals surface area contributed by atoms with Gasteiger partial charge in [-0.2, -0.15) is 24.4 Å². The summed E-state index contributed by atoms with van der Waals surface area (Å²) in [5.74, 6) is 3.57. The van der Waals surface area contributed by atoms with Crippen molar-refractivity contribution in [2.24, 2.45) is 5.92 Å². The zero-order valence-electron chi connectivity index (χ0n) is 7.08. The quantitative estimate of drug-likeness (QED) is 0.677. The monoisotopic (exact) mass is 205 g/mol. The van der Waals surface area contributed by atoms with E-state index in [1.807, 2.05) is 11.8 Å². The molecule has 1 aliphatic rings. The first-order chi connectivity index (χ1) is 5.83. The minimum absolute atomic E-state index is 0.0524. The molecule has 0 aliphatic carbocycles. The van der Waals surface area contributed by atoms with Gasteiger partial charge >= 0.3 is 0 Å². The van der Waals surface area contributed by atoms with Crippen LogP contribution in [0.1, 0.15) is 12.8 Å². The molecule has 4 heteroatoms. The Morgan fingerprint density at radius 1 is 1.50 bits per heavy atom. The highest BCUT2D eigenvalue weighted by atomic mass is 32.2. The van der Waals surface area contributed by atoms with Gasteiger partial charge in [-0.15, -0.1) is 0 Å². The Bertz CT molecular complexity index is 146. The molecule has 0 aromatic heterocycles. The lowest BCUT2D eigenvalue weighted by molar-refractivity contribution is -0.118. The largest absolute Gasteiger partial charge is 0.355 e. The molecule has 70 valence electrons. The second-order valence-electron chi connectivity index (χ2n) is 3.02. The van der Waals surface area contributed by atoms with E-state index in [-0.39, 0.29) is 5.91 Å². The van der Waals surface area contributed by atoms with Gasteiger partial charge < -0.3 is 5.32 Å². The van der Waals surface area contributed by atoms with Gasteiger partial charge in [-0.05, 0) is 30.3 Å². The molecule has 0 aromatic carbocycles. The molecule has 1 saturated heterocycles. The normalized spacial score (nSPS) is 19.1. The molecule has 0 saturated carbocycles. The van der Waals surface area contributed by atoms with Gasteiger partial charge in [0.05, 0.1) is 5.75 Å². The molecular weight excluding hydrogens is 190 g/mol. The Morgan fingerprint density at radius 2 is 2.17 bits per heavy atom. The predicted octanol–water partition coefficient (Wildman–Crippen LogP) is 1.18. The maximum Gasteiger partial charge on any atom is 0.229 e. The van der Waals surface area contributed by atoms with Gasteiger partial charge in [-0.3, -0.25) is 4.79 Å². The van der Waals surface area contributed by atoms with Crippen molar-refractivity contribution in [3.05, 3.63) is 0 Å². The number of rotatable bonds is 3. The van der Waals surface area contributed by atoms with Gasteiger partial charge in [-0.1, -0.05) is 0 Å². The van der Waals surface area contributed by atoms with Crippen LogP contribution in [0.2, 0.25) is 0 Å². The molecule has 2 nitrogen and oxygen atoms in total. The van der Waals surface area contributed by atoms with Gasteiger partial charge in [0.15, 0.2) is 0 Å². The van der Waals surface area contributed by atoms with Gasteiger partial charge in [0, 0.05) is 6.54 Å². The van der Waals surface area contributed by atoms with Crippen LogP contribution < -0.4 is 5.32 Å². The topological polar surface area (TPSA) is 29.1 Å². The lowest BCUT2D eigenvalue weighted by Crippen LogP contribution is -2.31. The molecular formula is C8H15NOS2. The standard InChI is InChI=1S/C8H15NOS2/c10-8(6-11)9-5-7-1-3-12-4-2-7/h7,11H,1-6H2,(H,9,10). The fraction of sp³-hybridized carbons (Fsp3) is 0.875. The van der Waals surface area contributed by atoms with E-state index in [1.54, 1.807) is 0 Å². The van der Waals surface area contributed by atoms with E-state index in [2.05, 4.69) is 17.9 Å². The Kier molecular flexibility index (Phi) is 4.92. The number of hydrogen-bond donors (Lipinski definition) is 2. The second-order valence-corrected chi connectivity index (χ2v) is 4.56. The smallest absolute Gasteiger partial charge is 0.229 e. The number of amides is 1. The van der Waals surface area contributed by atoms with E-state index >= 15 is 0 Å². The summed E-state index contributed by atoms with van der Waals surface area (Å²) < 4.78 is 0. The van der Waals surface area contributed by atoms with Crippen LogP contribution in [0.4, 0.5) is 0 Å². The van der Waals surface area contributed by atoms with Crippen LogP contribution >= 0.6 is 24.4 Å². The first-order valence-electron chi connectivity index (χ1n) is 4.28. The summed E-state index contributed by atoms with van der Waals surface area (Å²) in [6.45, 7) is 0.847. The minimum atomic E-state index is 0.0524. The third-order valence-electron chi connectivity index (χ3n) is 2.07. The van der Waals surface area contributed by atoms with E-state index in [1.165, 1.54) is 24.3 Å². The molecule has 0 unspecified atom stereocenters. The van der Waals surface area contributed by atoms with Crippen LogP contribution in [-0.4, -0.2) is 29.7 Å². The van der Waals surface area contributed by atoms with Crippen molar-refractivity contribution in [3.63, 3.8) is 0 Å². The molecule has 0 spiro atoms. The summed E-state index contributed by atoms with van der Waals surface area (Å²) in [5, 5.41) is 2.88. The summed E-state index contributed by atoms with van der Waals surface area (Å²) in [5.41, 5.74) is 0. The zero-order chi connectivity index (χ0) is 8.81. The SMILES string of the molecule is O=C(CS)NCC1CCSCC1. The van der Waals surface area contributed by atoms with Gasteiger partial charge in [-0.25, -0.2) is 0 Å². The molecule has 0 atom stereocenters. The molecule has 1 heterocycles. The summed E-state index contributed by atoms with van der Waals surface area (Å²) in [4.78, 5) is 10.9. The molecule has 1 amide bonds. The van der Waals surface area contributed by atoms with Crippen molar-refractivity contribution in [3.8, 4) is 0 Å². The number of carbonyl (C=O) groups excluding carboxylic acids is 1. The molecule has 1 N–H and O–H groups in total. The number of nitrogens with one attached hydrogen (secondary N) is 1. The van der Waals surface area contributed by atoms with Crippen molar-refractivity contribution in [1.82, 2.24) is 5.32 Å². The lowest BCUT2D eigenvalue weighted by Gasteiger charge is -2.21. The molecule has 1 aliphatic heterocycles. The van der Waals surface area contributed by atoms with Crippen LogP contribution in [0.5, 0.6) is 0 Å². The predicted molar refractivity (Wildman–Crippen MR) is 56.9 cm³/mol. The van der Waals surface area contributed by atoms with Gasteiger partial charge in [0.25, 0.3) is 0 Å². The van der Waals surface area contributed by atoms with Crippen LogP contribution in [-0.2, 0) is 4.79 Å². The maximum absolute atomic E-state index is 10.9. The fourth-order valence-electron chi connectivity index (χ4n) is 1.26. The van der Waals surface area contributed by atoms with Gasteiger partial charge in [0.1, 0.15) is 0 Å². The Morgan fingerprint density at radius 3 is 2.75 bits per heavy atom. The highest BCUT2D eigenvalue weighted by Crippen LogP contribution is 2.21. The van der Waals surface area contributed by atoms with Crippen molar-refractivity contribution >= 4 is 30.3 Å². The summed E-state index contributed by atoms with van der Waals surface area (Å²) >= 11 is 5.91. The van der Waals surface area contributed by atoms with E-state index in [0.717, 1.165) is 6.54 Å². The zero-order valence-corrected chi connectivity index (χ0v) is 8.79. The minimum Gasteiger partial charge on any atom is -0.355 e. The third-order valence-corrected chi connectivity index (χ3v) is 3.41. The van der Waals surface area contributed by atoms with Crippen LogP contribution in [0.3, 0.4) is 0 Å². The summed E-state index contributed by atoms with van der Waals surface area (Å²) in [7, 11) is 0. The van der Waals surface area contributed by atoms with Crippen LogP contribution in [0, 0.1) is 5.92 Å². The molecule has 0 radical (unpaired) electrons. The van der Waals surface area contributed by atoms with Gasteiger partial charge in [0.2, 0.25) is 5.91 Å². The van der Waals surface area contributed by atoms with E-state index < -0.39 is 0 Å². The second kappa shape index (κ2) is 5.75.